The van der Waals surface area contributed by atoms with E-state index >= 15 is 0 Å². The molecule has 1 rings (SSSR count). The van der Waals surface area contributed by atoms with Crippen molar-refractivity contribution in [3.8, 4) is 0 Å². The van der Waals surface area contributed by atoms with Crippen LogP contribution in [0.5, 0.6) is 0 Å². The minimum Gasteiger partial charge on any atom is -0.480 e. The van der Waals surface area contributed by atoms with Crippen LogP contribution in [0.25, 0.3) is 0 Å². The van der Waals surface area contributed by atoms with Gasteiger partial charge < -0.3 is 5.11 Å². The van der Waals surface area contributed by atoms with Crippen molar-refractivity contribution in [3.05, 3.63) is 30.3 Å². The SMILES string of the molecule is CCC(C(=O)O)N(C)CCSc1ccccc1. The number of hydrogen-bond acceptors (Lipinski definition) is 3. The summed E-state index contributed by atoms with van der Waals surface area (Å²) in [4.78, 5) is 14.1. The van der Waals surface area contributed by atoms with Gasteiger partial charge in [0.05, 0.1) is 0 Å². The number of benzene rings is 1. The third kappa shape index (κ3) is 4.79. The smallest absolute Gasteiger partial charge is 0.320 e. The van der Waals surface area contributed by atoms with Gasteiger partial charge in [-0.2, -0.15) is 0 Å². The number of likely N-dealkylation sites (N-methyl/N-ethyl adjacent to an activating group) is 1. The lowest BCUT2D eigenvalue weighted by atomic mass is 10.2. The maximum atomic E-state index is 11.0. The van der Waals surface area contributed by atoms with E-state index in [1.54, 1.807) is 11.8 Å². The van der Waals surface area contributed by atoms with Gasteiger partial charge >= 0.3 is 5.97 Å². The molecule has 0 amide bonds. The Labute approximate surface area is 107 Å². The molecule has 1 unspecified atom stereocenters. The number of carboxylic acid groups (broad SMARTS) is 1. The summed E-state index contributed by atoms with van der Waals surface area (Å²) < 4.78 is 0. The normalized spacial score (nSPS) is 12.6. The third-order valence-electron chi connectivity index (χ3n) is 2.66. The van der Waals surface area contributed by atoms with Crippen molar-refractivity contribution < 1.29 is 9.90 Å². The van der Waals surface area contributed by atoms with Crippen LogP contribution in [-0.4, -0.2) is 41.4 Å². The first-order valence-electron chi connectivity index (χ1n) is 5.76. The fourth-order valence-corrected chi connectivity index (χ4v) is 2.62. The molecular weight excluding hydrogens is 234 g/mol. The third-order valence-corrected chi connectivity index (χ3v) is 3.65. The first-order valence-corrected chi connectivity index (χ1v) is 6.74. The molecule has 0 saturated carbocycles. The lowest BCUT2D eigenvalue weighted by Crippen LogP contribution is -2.39. The summed E-state index contributed by atoms with van der Waals surface area (Å²) in [5, 5.41) is 9.01. The van der Waals surface area contributed by atoms with Crippen molar-refractivity contribution in [1.29, 1.82) is 0 Å². The van der Waals surface area contributed by atoms with Crippen LogP contribution < -0.4 is 0 Å². The lowest BCUT2D eigenvalue weighted by Gasteiger charge is -2.23. The average Bonchev–Trinajstić information content (AvgIpc) is 2.30. The first kappa shape index (κ1) is 14.1. The van der Waals surface area contributed by atoms with E-state index in [1.807, 2.05) is 37.1 Å². The molecule has 94 valence electrons. The van der Waals surface area contributed by atoms with Gasteiger partial charge in [-0.05, 0) is 25.6 Å². The van der Waals surface area contributed by atoms with Gasteiger partial charge in [0.25, 0.3) is 0 Å². The maximum Gasteiger partial charge on any atom is 0.320 e. The molecule has 0 aliphatic rings. The second-order valence-corrected chi connectivity index (χ2v) is 5.07. The van der Waals surface area contributed by atoms with Crippen molar-refractivity contribution in [2.45, 2.75) is 24.3 Å². The van der Waals surface area contributed by atoms with Crippen molar-refractivity contribution in [2.75, 3.05) is 19.3 Å². The number of nitrogens with zero attached hydrogens (tertiary/aromatic N) is 1. The first-order chi connectivity index (χ1) is 8.15. The van der Waals surface area contributed by atoms with E-state index in [2.05, 4.69) is 12.1 Å². The van der Waals surface area contributed by atoms with Crippen LogP contribution in [0.1, 0.15) is 13.3 Å². The standard InChI is InChI=1S/C13H19NO2S/c1-3-12(13(15)16)14(2)9-10-17-11-7-5-4-6-8-11/h4-8,12H,3,9-10H2,1-2H3,(H,15,16). The van der Waals surface area contributed by atoms with Crippen LogP contribution in [-0.2, 0) is 4.79 Å². The van der Waals surface area contributed by atoms with Gasteiger partial charge in [0, 0.05) is 17.2 Å². The highest BCUT2D eigenvalue weighted by Crippen LogP contribution is 2.17. The fraction of sp³-hybridized carbons (Fsp3) is 0.462. The quantitative estimate of drug-likeness (QED) is 0.758. The Kier molecular flexibility index (Phi) is 6.08. The van der Waals surface area contributed by atoms with E-state index in [4.69, 9.17) is 5.11 Å². The molecule has 3 nitrogen and oxygen atoms in total. The summed E-state index contributed by atoms with van der Waals surface area (Å²) in [7, 11) is 1.87. The number of carbonyl (C=O) groups is 1. The Bertz CT molecular complexity index is 343. The summed E-state index contributed by atoms with van der Waals surface area (Å²) in [6.07, 6.45) is 0.641. The largest absolute Gasteiger partial charge is 0.480 e. The Hall–Kier alpha value is -1.00. The molecule has 0 aliphatic heterocycles. The number of hydrogen-bond donors (Lipinski definition) is 1. The molecule has 0 bridgehead atoms. The van der Waals surface area contributed by atoms with E-state index in [9.17, 15) is 4.79 Å². The zero-order valence-corrected chi connectivity index (χ0v) is 11.1. The average molecular weight is 253 g/mol. The number of thioether (sulfide) groups is 1. The van der Waals surface area contributed by atoms with Gasteiger partial charge in [-0.15, -0.1) is 11.8 Å². The zero-order chi connectivity index (χ0) is 12.7. The summed E-state index contributed by atoms with van der Waals surface area (Å²) in [6, 6.07) is 9.79. The number of rotatable bonds is 7. The highest BCUT2D eigenvalue weighted by molar-refractivity contribution is 7.99. The lowest BCUT2D eigenvalue weighted by molar-refractivity contribution is -0.142. The van der Waals surface area contributed by atoms with Gasteiger partial charge in [-0.1, -0.05) is 25.1 Å². The van der Waals surface area contributed by atoms with Crippen LogP contribution in [0, 0.1) is 0 Å². The number of carboxylic acids is 1. The molecule has 4 heteroatoms. The second kappa shape index (κ2) is 7.35. The Morgan fingerprint density at radius 2 is 2.06 bits per heavy atom. The Morgan fingerprint density at radius 1 is 1.41 bits per heavy atom. The molecule has 1 aromatic rings. The molecule has 1 N–H and O–H groups in total. The molecule has 0 fully saturated rings. The molecule has 0 aromatic heterocycles. The van der Waals surface area contributed by atoms with Crippen molar-refractivity contribution >= 4 is 17.7 Å². The monoisotopic (exact) mass is 253 g/mol. The Morgan fingerprint density at radius 3 is 2.59 bits per heavy atom. The van der Waals surface area contributed by atoms with E-state index < -0.39 is 5.97 Å². The second-order valence-electron chi connectivity index (χ2n) is 3.90. The predicted octanol–water partition coefficient (Wildman–Crippen LogP) is 2.57. The molecule has 0 radical (unpaired) electrons. The summed E-state index contributed by atoms with van der Waals surface area (Å²) in [5.74, 6) is 0.171. The van der Waals surface area contributed by atoms with Crippen LogP contribution >= 0.6 is 11.8 Å². The summed E-state index contributed by atoms with van der Waals surface area (Å²) >= 11 is 1.75. The minimum absolute atomic E-state index is 0.369. The van der Waals surface area contributed by atoms with E-state index in [0.29, 0.717) is 6.42 Å². The van der Waals surface area contributed by atoms with Crippen molar-refractivity contribution in [2.24, 2.45) is 0 Å². The van der Waals surface area contributed by atoms with Gasteiger partial charge in [0.2, 0.25) is 0 Å². The topological polar surface area (TPSA) is 40.5 Å². The Balaban J connectivity index is 2.33. The van der Waals surface area contributed by atoms with Gasteiger partial charge in [-0.3, -0.25) is 9.69 Å². The van der Waals surface area contributed by atoms with E-state index in [-0.39, 0.29) is 6.04 Å². The van der Waals surface area contributed by atoms with Crippen LogP contribution in [0.2, 0.25) is 0 Å². The molecule has 0 spiro atoms. The van der Waals surface area contributed by atoms with Crippen molar-refractivity contribution in [1.82, 2.24) is 4.90 Å². The zero-order valence-electron chi connectivity index (χ0n) is 10.3. The highest BCUT2D eigenvalue weighted by atomic mass is 32.2. The minimum atomic E-state index is -0.736. The van der Waals surface area contributed by atoms with E-state index in [0.717, 1.165) is 12.3 Å². The summed E-state index contributed by atoms with van der Waals surface area (Å²) in [6.45, 7) is 2.68. The predicted molar refractivity (Wildman–Crippen MR) is 71.5 cm³/mol. The maximum absolute atomic E-state index is 11.0. The van der Waals surface area contributed by atoms with Gasteiger partial charge in [0.1, 0.15) is 6.04 Å². The molecule has 1 aromatic carbocycles. The van der Waals surface area contributed by atoms with Crippen LogP contribution in [0.15, 0.2) is 35.2 Å². The highest BCUT2D eigenvalue weighted by Gasteiger charge is 2.19. The molecule has 17 heavy (non-hydrogen) atoms. The molecule has 0 heterocycles. The van der Waals surface area contributed by atoms with Crippen LogP contribution in [0.4, 0.5) is 0 Å². The van der Waals surface area contributed by atoms with Gasteiger partial charge in [0.15, 0.2) is 0 Å². The summed E-state index contributed by atoms with van der Waals surface area (Å²) in [5.41, 5.74) is 0. The molecule has 0 aliphatic carbocycles. The van der Waals surface area contributed by atoms with Crippen molar-refractivity contribution in [3.63, 3.8) is 0 Å². The van der Waals surface area contributed by atoms with E-state index in [1.165, 1.54) is 4.90 Å². The van der Waals surface area contributed by atoms with Crippen LogP contribution in [0.3, 0.4) is 0 Å². The van der Waals surface area contributed by atoms with Gasteiger partial charge in [-0.25, -0.2) is 0 Å². The molecule has 1 atom stereocenters. The number of aliphatic carboxylic acids is 1. The fourth-order valence-electron chi connectivity index (χ4n) is 1.65. The molecule has 0 saturated heterocycles. The molecular formula is C13H19NO2S.